The molecule has 0 unspecified atom stereocenters. The summed E-state index contributed by atoms with van der Waals surface area (Å²) in [4.78, 5) is 0. The quantitative estimate of drug-likeness (QED) is 0.124. The summed E-state index contributed by atoms with van der Waals surface area (Å²) in [5.41, 5.74) is 17.0. The van der Waals surface area contributed by atoms with E-state index < -0.39 is 0 Å². The lowest BCUT2D eigenvalue weighted by Crippen LogP contribution is -1.91. The van der Waals surface area contributed by atoms with Gasteiger partial charge in [0.1, 0.15) is 0 Å². The van der Waals surface area contributed by atoms with Crippen molar-refractivity contribution in [3.63, 3.8) is 0 Å². The van der Waals surface area contributed by atoms with Gasteiger partial charge in [-0.1, -0.05) is 218 Å². The zero-order valence-electron chi connectivity index (χ0n) is 31.9. The van der Waals surface area contributed by atoms with Crippen LogP contribution >= 0.6 is 0 Å². The molecule has 0 nitrogen and oxygen atoms in total. The standard InChI is InChI=1S/C56H44/c1-41-15-9-12-22-51(41)55(47-17-5-3-6-18-47)39-45-29-25-43(26-30-45)33-35-50-37-36-49-21-11-14-24-53(49)54(50)38-34-44-27-31-46(32-28-44)40-56(48-19-7-4-8-20-48)52-23-13-10-16-42(52)2/h3-40H,1-2H3. The summed E-state index contributed by atoms with van der Waals surface area (Å²) in [6, 6.07) is 69.3. The molecule has 0 fully saturated rings. The molecule has 268 valence electrons. The zero-order chi connectivity index (χ0) is 38.1. The Balaban J connectivity index is 1.07. The van der Waals surface area contributed by atoms with Crippen molar-refractivity contribution < 1.29 is 0 Å². The van der Waals surface area contributed by atoms with Gasteiger partial charge in [-0.3, -0.25) is 0 Å². The number of rotatable bonds is 10. The lowest BCUT2D eigenvalue weighted by molar-refractivity contribution is 1.42. The Bertz CT molecular complexity index is 2700. The molecule has 8 aromatic rings. The van der Waals surface area contributed by atoms with E-state index >= 15 is 0 Å². The Morgan fingerprint density at radius 3 is 1.29 bits per heavy atom. The molecule has 0 atom stereocenters. The van der Waals surface area contributed by atoms with Gasteiger partial charge in [0.15, 0.2) is 0 Å². The van der Waals surface area contributed by atoms with E-state index in [1.807, 2.05) is 0 Å². The van der Waals surface area contributed by atoms with Gasteiger partial charge in [0.25, 0.3) is 0 Å². The third kappa shape index (κ3) is 8.36. The second-order valence-corrected chi connectivity index (χ2v) is 14.3. The molecule has 0 heterocycles. The van der Waals surface area contributed by atoms with Gasteiger partial charge >= 0.3 is 0 Å². The van der Waals surface area contributed by atoms with Crippen molar-refractivity contribution in [2.24, 2.45) is 0 Å². The summed E-state index contributed by atoms with van der Waals surface area (Å²) in [5.74, 6) is 0. The van der Waals surface area contributed by atoms with Gasteiger partial charge < -0.3 is 0 Å². The summed E-state index contributed by atoms with van der Waals surface area (Å²) in [6.07, 6.45) is 13.5. The Labute approximate surface area is 331 Å². The second-order valence-electron chi connectivity index (χ2n) is 14.3. The van der Waals surface area contributed by atoms with Gasteiger partial charge in [-0.25, -0.2) is 0 Å². The minimum atomic E-state index is 1.16. The molecular weight excluding hydrogens is 673 g/mol. The molecule has 0 saturated carbocycles. The van der Waals surface area contributed by atoms with Gasteiger partial charge in [-0.15, -0.1) is 0 Å². The summed E-state index contributed by atoms with van der Waals surface area (Å²) >= 11 is 0. The number of benzene rings is 8. The van der Waals surface area contributed by atoms with E-state index in [0.29, 0.717) is 0 Å². The van der Waals surface area contributed by atoms with Crippen molar-refractivity contribution in [3.05, 3.63) is 261 Å². The summed E-state index contributed by atoms with van der Waals surface area (Å²) in [6.45, 7) is 4.36. The van der Waals surface area contributed by atoms with E-state index in [2.05, 4.69) is 244 Å². The largest absolute Gasteiger partial charge is 0.0622 e. The van der Waals surface area contributed by atoms with Crippen LogP contribution in [-0.2, 0) is 0 Å². The number of hydrogen-bond acceptors (Lipinski definition) is 0. The normalized spacial score (nSPS) is 12.2. The molecule has 0 spiro atoms. The molecule has 0 aliphatic carbocycles. The molecule has 0 radical (unpaired) electrons. The maximum Gasteiger partial charge on any atom is -0.0103 e. The fourth-order valence-corrected chi connectivity index (χ4v) is 7.37. The first-order valence-corrected chi connectivity index (χ1v) is 19.3. The molecule has 0 aliphatic heterocycles. The van der Waals surface area contributed by atoms with Crippen LogP contribution in [0.2, 0.25) is 0 Å². The predicted molar refractivity (Wildman–Crippen MR) is 244 cm³/mol. The lowest BCUT2D eigenvalue weighted by atomic mass is 9.92. The summed E-state index contributed by atoms with van der Waals surface area (Å²) in [5, 5.41) is 2.47. The first-order valence-electron chi connectivity index (χ1n) is 19.3. The van der Waals surface area contributed by atoms with Crippen LogP contribution in [0.25, 0.3) is 58.4 Å². The van der Waals surface area contributed by atoms with Crippen LogP contribution in [0, 0.1) is 13.8 Å². The van der Waals surface area contributed by atoms with Crippen LogP contribution < -0.4 is 0 Å². The minimum absolute atomic E-state index is 1.16. The highest BCUT2D eigenvalue weighted by atomic mass is 14.1. The van der Waals surface area contributed by atoms with E-state index in [1.54, 1.807) is 0 Å². The van der Waals surface area contributed by atoms with Gasteiger partial charge in [0, 0.05) is 0 Å². The molecule has 0 aliphatic rings. The summed E-state index contributed by atoms with van der Waals surface area (Å²) in [7, 11) is 0. The van der Waals surface area contributed by atoms with Crippen LogP contribution in [0.1, 0.15) is 66.8 Å². The van der Waals surface area contributed by atoms with Crippen molar-refractivity contribution in [3.8, 4) is 0 Å². The lowest BCUT2D eigenvalue weighted by Gasteiger charge is -2.12. The van der Waals surface area contributed by atoms with Crippen LogP contribution in [0.15, 0.2) is 194 Å². The third-order valence-electron chi connectivity index (χ3n) is 10.4. The van der Waals surface area contributed by atoms with E-state index in [9.17, 15) is 0 Å². The molecular formula is C56H44. The van der Waals surface area contributed by atoms with Crippen molar-refractivity contribution in [1.29, 1.82) is 0 Å². The Kier molecular flexibility index (Phi) is 10.9. The minimum Gasteiger partial charge on any atom is -0.0622 e. The fourth-order valence-electron chi connectivity index (χ4n) is 7.37. The SMILES string of the molecule is Cc1ccccc1C(=Cc1ccc(C=Cc2ccc3ccccc3c2C=Cc2ccc(C=C(c3ccccc3)c3ccccc3C)cc2)cc1)c1ccccc1. The Morgan fingerprint density at radius 1 is 0.339 bits per heavy atom. The van der Waals surface area contributed by atoms with E-state index in [4.69, 9.17) is 0 Å². The van der Waals surface area contributed by atoms with Gasteiger partial charge in [0.05, 0.1) is 0 Å². The average molecular weight is 717 g/mol. The van der Waals surface area contributed by atoms with E-state index in [1.165, 1.54) is 77.6 Å². The van der Waals surface area contributed by atoms with Crippen molar-refractivity contribution in [2.45, 2.75) is 13.8 Å². The van der Waals surface area contributed by atoms with Crippen LogP contribution in [0.4, 0.5) is 0 Å². The van der Waals surface area contributed by atoms with E-state index in [-0.39, 0.29) is 0 Å². The molecule has 56 heavy (non-hydrogen) atoms. The highest BCUT2D eigenvalue weighted by molar-refractivity contribution is 5.98. The first-order chi connectivity index (χ1) is 27.6. The molecule has 8 aromatic carbocycles. The van der Waals surface area contributed by atoms with Crippen LogP contribution in [0.3, 0.4) is 0 Å². The molecule has 0 aromatic heterocycles. The maximum atomic E-state index is 2.30. The monoisotopic (exact) mass is 716 g/mol. The topological polar surface area (TPSA) is 0 Å². The third-order valence-corrected chi connectivity index (χ3v) is 10.4. The highest BCUT2D eigenvalue weighted by Gasteiger charge is 2.10. The average Bonchev–Trinajstić information content (AvgIpc) is 3.25. The predicted octanol–water partition coefficient (Wildman–Crippen LogP) is 15.0. The Morgan fingerprint density at radius 2 is 0.768 bits per heavy atom. The van der Waals surface area contributed by atoms with E-state index in [0.717, 1.165) is 11.1 Å². The highest BCUT2D eigenvalue weighted by Crippen LogP contribution is 2.31. The van der Waals surface area contributed by atoms with Gasteiger partial charge in [-0.2, -0.15) is 0 Å². The fraction of sp³-hybridized carbons (Fsp3) is 0.0357. The zero-order valence-corrected chi connectivity index (χ0v) is 31.9. The van der Waals surface area contributed by atoms with Gasteiger partial charge in [-0.05, 0) is 115 Å². The Hall–Kier alpha value is -7.02. The molecule has 0 heteroatoms. The first kappa shape index (κ1) is 36.0. The second kappa shape index (κ2) is 17.0. The number of fused-ring (bicyclic) bond motifs is 1. The van der Waals surface area contributed by atoms with Crippen molar-refractivity contribution in [1.82, 2.24) is 0 Å². The molecule has 0 amide bonds. The van der Waals surface area contributed by atoms with Crippen LogP contribution in [-0.4, -0.2) is 0 Å². The number of hydrogen-bond donors (Lipinski definition) is 0. The smallest absolute Gasteiger partial charge is 0.0103 e. The van der Waals surface area contributed by atoms with Crippen LogP contribution in [0.5, 0.6) is 0 Å². The van der Waals surface area contributed by atoms with Gasteiger partial charge in [0.2, 0.25) is 0 Å². The van der Waals surface area contributed by atoms with Crippen molar-refractivity contribution in [2.75, 3.05) is 0 Å². The summed E-state index contributed by atoms with van der Waals surface area (Å²) < 4.78 is 0. The molecule has 0 saturated heterocycles. The number of aryl methyl sites for hydroxylation is 2. The molecule has 0 bridgehead atoms. The van der Waals surface area contributed by atoms with Crippen molar-refractivity contribution >= 4 is 58.4 Å². The molecule has 8 rings (SSSR count). The maximum absolute atomic E-state index is 2.30. The molecule has 0 N–H and O–H groups in total.